The molecule has 0 aliphatic carbocycles. The molecule has 2 rings (SSSR count). The molecule has 0 heterocycles. The molecule has 0 radical (unpaired) electrons. The molecule has 2 aromatic rings. The molecule has 0 unspecified atom stereocenters. The van der Waals surface area contributed by atoms with Crippen molar-refractivity contribution in [3.63, 3.8) is 0 Å². The lowest BCUT2D eigenvalue weighted by Gasteiger charge is -2.05. The summed E-state index contributed by atoms with van der Waals surface area (Å²) in [6.45, 7) is 2.12. The van der Waals surface area contributed by atoms with Crippen molar-refractivity contribution in [2.45, 2.75) is 26.2 Å². The van der Waals surface area contributed by atoms with E-state index in [2.05, 4.69) is 25.1 Å². The van der Waals surface area contributed by atoms with Crippen LogP contribution in [0.4, 0.5) is 0 Å². The highest BCUT2D eigenvalue weighted by atomic mass is 16.1. The molecule has 0 fully saturated rings. The summed E-state index contributed by atoms with van der Waals surface area (Å²) in [5.41, 5.74) is 3.48. The SMILES string of the molecule is Cc1ccccc1CCCC(=O)c1ccccc1. The summed E-state index contributed by atoms with van der Waals surface area (Å²) in [7, 11) is 0. The van der Waals surface area contributed by atoms with Crippen molar-refractivity contribution in [1.29, 1.82) is 0 Å². The zero-order valence-corrected chi connectivity index (χ0v) is 10.7. The van der Waals surface area contributed by atoms with Crippen LogP contribution in [0.15, 0.2) is 54.6 Å². The van der Waals surface area contributed by atoms with Crippen LogP contribution in [-0.2, 0) is 6.42 Å². The fourth-order valence-corrected chi connectivity index (χ4v) is 2.10. The van der Waals surface area contributed by atoms with Crippen LogP contribution in [0, 0.1) is 6.92 Å². The van der Waals surface area contributed by atoms with Gasteiger partial charge >= 0.3 is 0 Å². The lowest BCUT2D eigenvalue weighted by atomic mass is 10.00. The molecule has 0 saturated carbocycles. The van der Waals surface area contributed by atoms with Crippen molar-refractivity contribution in [2.24, 2.45) is 0 Å². The number of Topliss-reactive ketones (excluding diaryl/α,β-unsaturated/α-hetero) is 1. The Bertz CT molecular complexity index is 514. The van der Waals surface area contributed by atoms with E-state index in [0.29, 0.717) is 6.42 Å². The number of hydrogen-bond donors (Lipinski definition) is 0. The van der Waals surface area contributed by atoms with Crippen molar-refractivity contribution in [1.82, 2.24) is 0 Å². The Balaban J connectivity index is 1.86. The molecule has 1 heteroatoms. The molecule has 18 heavy (non-hydrogen) atoms. The van der Waals surface area contributed by atoms with Crippen LogP contribution < -0.4 is 0 Å². The standard InChI is InChI=1S/C17H18O/c1-14-8-5-6-9-15(14)12-7-13-17(18)16-10-3-2-4-11-16/h2-6,8-11H,7,12-13H2,1H3. The van der Waals surface area contributed by atoms with Crippen molar-refractivity contribution in [3.8, 4) is 0 Å². The molecular formula is C17H18O. The van der Waals surface area contributed by atoms with Crippen LogP contribution in [-0.4, -0.2) is 5.78 Å². The number of hydrogen-bond acceptors (Lipinski definition) is 1. The predicted molar refractivity (Wildman–Crippen MR) is 74.9 cm³/mol. The zero-order chi connectivity index (χ0) is 12.8. The number of carbonyl (C=O) groups excluding carboxylic acids is 1. The summed E-state index contributed by atoms with van der Waals surface area (Å²) >= 11 is 0. The van der Waals surface area contributed by atoms with Crippen LogP contribution in [0.25, 0.3) is 0 Å². The molecule has 0 aromatic heterocycles. The summed E-state index contributed by atoms with van der Waals surface area (Å²) in [5, 5.41) is 0. The van der Waals surface area contributed by atoms with Crippen LogP contribution in [0.1, 0.15) is 34.3 Å². The van der Waals surface area contributed by atoms with Crippen molar-refractivity contribution < 1.29 is 4.79 Å². The second kappa shape index (κ2) is 6.15. The van der Waals surface area contributed by atoms with E-state index in [1.54, 1.807) is 0 Å². The predicted octanol–water partition coefficient (Wildman–Crippen LogP) is 4.20. The van der Waals surface area contributed by atoms with Gasteiger partial charge in [0, 0.05) is 12.0 Å². The molecule has 0 bridgehead atoms. The fourth-order valence-electron chi connectivity index (χ4n) is 2.10. The van der Waals surface area contributed by atoms with E-state index in [0.717, 1.165) is 18.4 Å². The molecule has 0 aliphatic rings. The first-order valence-electron chi connectivity index (χ1n) is 6.40. The van der Waals surface area contributed by atoms with Gasteiger partial charge in [-0.05, 0) is 30.9 Å². The first-order chi connectivity index (χ1) is 8.77. The maximum Gasteiger partial charge on any atom is 0.162 e. The highest BCUT2D eigenvalue weighted by Crippen LogP contribution is 2.12. The van der Waals surface area contributed by atoms with E-state index in [9.17, 15) is 4.79 Å². The second-order valence-corrected chi connectivity index (χ2v) is 4.57. The van der Waals surface area contributed by atoms with Gasteiger partial charge in [0.25, 0.3) is 0 Å². The fraction of sp³-hybridized carbons (Fsp3) is 0.235. The van der Waals surface area contributed by atoms with Crippen molar-refractivity contribution >= 4 is 5.78 Å². The highest BCUT2D eigenvalue weighted by molar-refractivity contribution is 5.95. The van der Waals surface area contributed by atoms with Crippen LogP contribution >= 0.6 is 0 Å². The Morgan fingerprint density at radius 1 is 0.944 bits per heavy atom. The quantitative estimate of drug-likeness (QED) is 0.713. The maximum atomic E-state index is 11.9. The lowest BCUT2D eigenvalue weighted by Crippen LogP contribution is -2.00. The number of benzene rings is 2. The van der Waals surface area contributed by atoms with Crippen molar-refractivity contribution in [3.05, 3.63) is 71.3 Å². The van der Waals surface area contributed by atoms with Gasteiger partial charge in [0.1, 0.15) is 0 Å². The third kappa shape index (κ3) is 3.30. The zero-order valence-electron chi connectivity index (χ0n) is 10.7. The Labute approximate surface area is 108 Å². The molecule has 0 saturated heterocycles. The smallest absolute Gasteiger partial charge is 0.162 e. The van der Waals surface area contributed by atoms with Gasteiger partial charge in [0.2, 0.25) is 0 Å². The molecule has 0 amide bonds. The maximum absolute atomic E-state index is 11.9. The van der Waals surface area contributed by atoms with E-state index in [1.165, 1.54) is 11.1 Å². The molecule has 0 spiro atoms. The van der Waals surface area contributed by atoms with Gasteiger partial charge in [0.05, 0.1) is 0 Å². The monoisotopic (exact) mass is 238 g/mol. The third-order valence-corrected chi connectivity index (χ3v) is 3.21. The average Bonchev–Trinajstić information content (AvgIpc) is 2.42. The van der Waals surface area contributed by atoms with Gasteiger partial charge in [-0.2, -0.15) is 0 Å². The van der Waals surface area contributed by atoms with Gasteiger partial charge in [-0.1, -0.05) is 54.6 Å². The van der Waals surface area contributed by atoms with E-state index < -0.39 is 0 Å². The van der Waals surface area contributed by atoms with E-state index in [1.807, 2.05) is 36.4 Å². The summed E-state index contributed by atoms with van der Waals surface area (Å²) in [4.78, 5) is 11.9. The van der Waals surface area contributed by atoms with Crippen LogP contribution in [0.3, 0.4) is 0 Å². The topological polar surface area (TPSA) is 17.1 Å². The number of ketones is 1. The van der Waals surface area contributed by atoms with Crippen LogP contribution in [0.5, 0.6) is 0 Å². The molecule has 2 aromatic carbocycles. The van der Waals surface area contributed by atoms with Crippen LogP contribution in [0.2, 0.25) is 0 Å². The molecule has 0 N–H and O–H groups in total. The average molecular weight is 238 g/mol. The van der Waals surface area contributed by atoms with Gasteiger partial charge in [0.15, 0.2) is 5.78 Å². The number of carbonyl (C=O) groups is 1. The summed E-state index contributed by atoms with van der Waals surface area (Å²) in [6.07, 6.45) is 2.52. The van der Waals surface area contributed by atoms with Gasteiger partial charge in [-0.25, -0.2) is 0 Å². The first-order valence-corrected chi connectivity index (χ1v) is 6.40. The first kappa shape index (κ1) is 12.6. The highest BCUT2D eigenvalue weighted by Gasteiger charge is 2.05. The second-order valence-electron chi connectivity index (χ2n) is 4.57. The van der Waals surface area contributed by atoms with Crippen molar-refractivity contribution in [2.75, 3.05) is 0 Å². The minimum atomic E-state index is 0.240. The van der Waals surface area contributed by atoms with Gasteiger partial charge in [-0.3, -0.25) is 4.79 Å². The van der Waals surface area contributed by atoms with Gasteiger partial charge in [-0.15, -0.1) is 0 Å². The Hall–Kier alpha value is -1.89. The Kier molecular flexibility index (Phi) is 4.30. The molecule has 92 valence electrons. The normalized spacial score (nSPS) is 10.3. The van der Waals surface area contributed by atoms with E-state index in [-0.39, 0.29) is 5.78 Å². The minimum Gasteiger partial charge on any atom is -0.294 e. The lowest BCUT2D eigenvalue weighted by molar-refractivity contribution is 0.0980. The largest absolute Gasteiger partial charge is 0.294 e. The van der Waals surface area contributed by atoms with Gasteiger partial charge < -0.3 is 0 Å². The molecule has 0 aliphatic heterocycles. The summed E-state index contributed by atoms with van der Waals surface area (Å²) in [5.74, 6) is 0.240. The number of aryl methyl sites for hydroxylation is 2. The Morgan fingerprint density at radius 2 is 1.61 bits per heavy atom. The van der Waals surface area contributed by atoms with E-state index in [4.69, 9.17) is 0 Å². The Morgan fingerprint density at radius 3 is 2.33 bits per heavy atom. The molecular weight excluding hydrogens is 220 g/mol. The summed E-state index contributed by atoms with van der Waals surface area (Å²) < 4.78 is 0. The minimum absolute atomic E-state index is 0.240. The molecule has 1 nitrogen and oxygen atoms in total. The number of rotatable bonds is 5. The summed E-state index contributed by atoms with van der Waals surface area (Å²) in [6, 6.07) is 17.9. The van der Waals surface area contributed by atoms with E-state index >= 15 is 0 Å². The molecule has 0 atom stereocenters. The third-order valence-electron chi connectivity index (χ3n) is 3.21.